The first kappa shape index (κ1) is 12.2. The lowest BCUT2D eigenvalue weighted by Crippen LogP contribution is -2.30. The molecule has 1 spiro atoms. The largest absolute Gasteiger partial charge is 0.300 e. The SMILES string of the molecule is Cc1cc2c(cc1C)C1(CCC(=O)CC1)C(Br)=C2. The van der Waals surface area contributed by atoms with Crippen LogP contribution < -0.4 is 0 Å². The highest BCUT2D eigenvalue weighted by Gasteiger charge is 2.43. The van der Waals surface area contributed by atoms with Gasteiger partial charge in [0.05, 0.1) is 0 Å². The smallest absolute Gasteiger partial charge is 0.133 e. The summed E-state index contributed by atoms with van der Waals surface area (Å²) in [6.45, 7) is 4.33. The van der Waals surface area contributed by atoms with Gasteiger partial charge < -0.3 is 0 Å². The Kier molecular flexibility index (Phi) is 2.74. The second kappa shape index (κ2) is 4.06. The Morgan fingerprint density at radius 2 is 1.72 bits per heavy atom. The Balaban J connectivity index is 2.12. The molecule has 0 unspecified atom stereocenters. The standard InChI is InChI=1S/C16H17BrO/c1-10-7-12-9-15(17)16(14(12)8-11(10)2)5-3-13(18)4-6-16/h7-9H,3-6H2,1-2H3. The molecule has 0 saturated heterocycles. The summed E-state index contributed by atoms with van der Waals surface area (Å²) in [5.74, 6) is 0.415. The zero-order chi connectivity index (χ0) is 12.9. The molecule has 1 saturated carbocycles. The number of carbonyl (C=O) groups is 1. The fourth-order valence-electron chi connectivity index (χ4n) is 3.24. The molecule has 2 heteroatoms. The van der Waals surface area contributed by atoms with Gasteiger partial charge in [-0.05, 0) is 55.0 Å². The van der Waals surface area contributed by atoms with Gasteiger partial charge in [0, 0.05) is 22.7 Å². The van der Waals surface area contributed by atoms with Crippen LogP contribution in [-0.2, 0) is 10.2 Å². The summed E-state index contributed by atoms with van der Waals surface area (Å²) < 4.78 is 1.27. The molecule has 1 fully saturated rings. The van der Waals surface area contributed by atoms with Crippen LogP contribution in [0.5, 0.6) is 0 Å². The Bertz CT molecular complexity index is 559. The van der Waals surface area contributed by atoms with Crippen LogP contribution in [0.3, 0.4) is 0 Å². The van der Waals surface area contributed by atoms with E-state index < -0.39 is 0 Å². The van der Waals surface area contributed by atoms with Gasteiger partial charge in [-0.2, -0.15) is 0 Å². The highest BCUT2D eigenvalue weighted by Crippen LogP contribution is 2.53. The molecule has 2 aliphatic rings. The van der Waals surface area contributed by atoms with Crippen molar-refractivity contribution in [2.45, 2.75) is 44.9 Å². The van der Waals surface area contributed by atoms with Crippen molar-refractivity contribution in [3.8, 4) is 0 Å². The summed E-state index contributed by atoms with van der Waals surface area (Å²) in [7, 11) is 0. The van der Waals surface area contributed by atoms with E-state index in [-0.39, 0.29) is 5.41 Å². The summed E-state index contributed by atoms with van der Waals surface area (Å²) >= 11 is 3.76. The molecule has 1 nitrogen and oxygen atoms in total. The van der Waals surface area contributed by atoms with E-state index >= 15 is 0 Å². The van der Waals surface area contributed by atoms with E-state index in [4.69, 9.17) is 0 Å². The van der Waals surface area contributed by atoms with E-state index in [1.165, 1.54) is 26.7 Å². The quantitative estimate of drug-likeness (QED) is 0.693. The maximum absolute atomic E-state index is 11.5. The third kappa shape index (κ3) is 1.62. The van der Waals surface area contributed by atoms with Gasteiger partial charge in [0.2, 0.25) is 0 Å². The number of ketones is 1. The maximum Gasteiger partial charge on any atom is 0.133 e. The van der Waals surface area contributed by atoms with Crippen LogP contribution in [0.2, 0.25) is 0 Å². The van der Waals surface area contributed by atoms with Crippen LogP contribution >= 0.6 is 15.9 Å². The number of rotatable bonds is 0. The lowest BCUT2D eigenvalue weighted by atomic mass is 9.70. The molecule has 0 atom stereocenters. The van der Waals surface area contributed by atoms with E-state index in [9.17, 15) is 4.79 Å². The van der Waals surface area contributed by atoms with E-state index in [1.807, 2.05) is 0 Å². The first-order valence-electron chi connectivity index (χ1n) is 6.54. The Hall–Kier alpha value is -0.890. The third-order valence-corrected chi connectivity index (χ3v) is 5.57. The second-order valence-electron chi connectivity index (χ2n) is 5.64. The molecule has 0 radical (unpaired) electrons. The molecule has 2 aliphatic carbocycles. The number of fused-ring (bicyclic) bond motifs is 2. The van der Waals surface area contributed by atoms with Gasteiger partial charge in [0.15, 0.2) is 0 Å². The van der Waals surface area contributed by atoms with Crippen LogP contribution in [0.1, 0.15) is 47.9 Å². The lowest BCUT2D eigenvalue weighted by molar-refractivity contribution is -0.121. The highest BCUT2D eigenvalue weighted by atomic mass is 79.9. The minimum absolute atomic E-state index is 0.0850. The fraction of sp³-hybridized carbons (Fsp3) is 0.438. The third-order valence-electron chi connectivity index (χ3n) is 4.58. The van der Waals surface area contributed by atoms with E-state index in [0.29, 0.717) is 5.78 Å². The van der Waals surface area contributed by atoms with Crippen molar-refractivity contribution in [2.75, 3.05) is 0 Å². The number of halogens is 1. The molecular formula is C16H17BrO. The molecule has 0 aromatic heterocycles. The van der Waals surface area contributed by atoms with Crippen molar-refractivity contribution in [1.82, 2.24) is 0 Å². The molecule has 94 valence electrons. The van der Waals surface area contributed by atoms with Crippen LogP contribution in [0, 0.1) is 13.8 Å². The summed E-state index contributed by atoms with van der Waals surface area (Å²) in [6, 6.07) is 4.60. The monoisotopic (exact) mass is 304 g/mol. The normalized spacial score (nSPS) is 21.1. The van der Waals surface area contributed by atoms with Crippen LogP contribution in [0.25, 0.3) is 6.08 Å². The van der Waals surface area contributed by atoms with Crippen molar-refractivity contribution in [3.63, 3.8) is 0 Å². The molecule has 0 heterocycles. The lowest BCUT2D eigenvalue weighted by Gasteiger charge is -2.35. The minimum Gasteiger partial charge on any atom is -0.300 e. The number of benzene rings is 1. The minimum atomic E-state index is 0.0850. The first-order valence-corrected chi connectivity index (χ1v) is 7.33. The van der Waals surface area contributed by atoms with Crippen molar-refractivity contribution in [3.05, 3.63) is 38.9 Å². The van der Waals surface area contributed by atoms with Gasteiger partial charge in [-0.3, -0.25) is 4.79 Å². The van der Waals surface area contributed by atoms with Gasteiger partial charge >= 0.3 is 0 Å². The average Bonchev–Trinajstić information content (AvgIpc) is 2.58. The zero-order valence-electron chi connectivity index (χ0n) is 10.8. The summed E-state index contributed by atoms with van der Waals surface area (Å²) in [5, 5.41) is 0. The molecular weight excluding hydrogens is 288 g/mol. The number of hydrogen-bond donors (Lipinski definition) is 0. The second-order valence-corrected chi connectivity index (χ2v) is 6.49. The Labute approximate surface area is 116 Å². The Morgan fingerprint density at radius 3 is 2.39 bits per heavy atom. The number of aryl methyl sites for hydroxylation is 2. The summed E-state index contributed by atoms with van der Waals surface area (Å²) in [6.07, 6.45) is 5.60. The van der Waals surface area contributed by atoms with Crippen LogP contribution in [-0.4, -0.2) is 5.78 Å². The summed E-state index contributed by atoms with van der Waals surface area (Å²) in [5.41, 5.74) is 5.53. The van der Waals surface area contributed by atoms with Gasteiger partial charge in [-0.25, -0.2) is 0 Å². The molecule has 18 heavy (non-hydrogen) atoms. The van der Waals surface area contributed by atoms with Crippen molar-refractivity contribution < 1.29 is 4.79 Å². The van der Waals surface area contributed by atoms with Crippen LogP contribution in [0.4, 0.5) is 0 Å². The average molecular weight is 305 g/mol. The topological polar surface area (TPSA) is 17.1 Å². The van der Waals surface area contributed by atoms with Crippen molar-refractivity contribution >= 4 is 27.8 Å². The number of allylic oxidation sites excluding steroid dienone is 1. The van der Waals surface area contributed by atoms with Crippen molar-refractivity contribution in [2.24, 2.45) is 0 Å². The zero-order valence-corrected chi connectivity index (χ0v) is 12.4. The number of hydrogen-bond acceptors (Lipinski definition) is 1. The molecule has 1 aromatic carbocycles. The molecule has 0 N–H and O–H groups in total. The van der Waals surface area contributed by atoms with Gasteiger partial charge in [-0.15, -0.1) is 0 Å². The molecule has 0 aliphatic heterocycles. The fourth-order valence-corrected chi connectivity index (χ4v) is 4.10. The van der Waals surface area contributed by atoms with Gasteiger partial charge in [0.1, 0.15) is 5.78 Å². The van der Waals surface area contributed by atoms with Gasteiger partial charge in [-0.1, -0.05) is 28.1 Å². The maximum atomic E-state index is 11.5. The molecule has 0 amide bonds. The predicted octanol–water partition coefficient (Wildman–Crippen LogP) is 4.43. The number of carbonyl (C=O) groups excluding carboxylic acids is 1. The Morgan fingerprint density at radius 1 is 1.11 bits per heavy atom. The predicted molar refractivity (Wildman–Crippen MR) is 78.0 cm³/mol. The van der Waals surface area contributed by atoms with E-state index in [2.05, 4.69) is 48.0 Å². The van der Waals surface area contributed by atoms with E-state index in [1.54, 1.807) is 0 Å². The summed E-state index contributed by atoms with van der Waals surface area (Å²) in [4.78, 5) is 11.5. The first-order chi connectivity index (χ1) is 8.53. The van der Waals surface area contributed by atoms with Crippen LogP contribution in [0.15, 0.2) is 16.6 Å². The molecule has 0 bridgehead atoms. The van der Waals surface area contributed by atoms with E-state index in [0.717, 1.165) is 25.7 Å². The molecule has 1 aromatic rings. The number of Topliss-reactive ketones (excluding diaryl/α,β-unsaturated/α-hetero) is 1. The highest BCUT2D eigenvalue weighted by molar-refractivity contribution is 9.11. The van der Waals surface area contributed by atoms with Crippen molar-refractivity contribution in [1.29, 1.82) is 0 Å². The molecule has 3 rings (SSSR count). The van der Waals surface area contributed by atoms with Gasteiger partial charge in [0.25, 0.3) is 0 Å².